The van der Waals surface area contributed by atoms with Crippen molar-refractivity contribution in [2.45, 2.75) is 26.7 Å². The van der Waals surface area contributed by atoms with E-state index in [4.69, 9.17) is 15.2 Å². The van der Waals surface area contributed by atoms with Crippen LogP contribution in [0, 0.1) is 0 Å². The highest BCUT2D eigenvalue weighted by atomic mass is 16.5. The van der Waals surface area contributed by atoms with Crippen LogP contribution in [-0.2, 0) is 9.53 Å². The average Bonchev–Trinajstić information content (AvgIpc) is 2.46. The zero-order chi connectivity index (χ0) is 15.7. The Hall–Kier alpha value is -2.08. The monoisotopic (exact) mass is 294 g/mol. The molecule has 1 amide bonds. The molecule has 21 heavy (non-hydrogen) atoms. The topological polar surface area (TPSA) is 90.6 Å². The highest BCUT2D eigenvalue weighted by Gasteiger charge is 2.13. The van der Waals surface area contributed by atoms with Crippen LogP contribution in [0.5, 0.6) is 5.75 Å². The van der Waals surface area contributed by atoms with Gasteiger partial charge in [0.2, 0.25) is 5.91 Å². The van der Waals surface area contributed by atoms with Crippen molar-refractivity contribution in [1.29, 1.82) is 0 Å². The fraction of sp³-hybridized carbons (Fsp3) is 0.467. The van der Waals surface area contributed by atoms with Crippen molar-refractivity contribution in [3.8, 4) is 5.75 Å². The second kappa shape index (κ2) is 8.97. The van der Waals surface area contributed by atoms with E-state index in [0.717, 1.165) is 6.42 Å². The van der Waals surface area contributed by atoms with Gasteiger partial charge in [-0.15, -0.1) is 0 Å². The van der Waals surface area contributed by atoms with Crippen LogP contribution in [0.4, 0.5) is 5.69 Å². The number of amides is 1. The standard InChI is InChI=1S/C15H22N2O4/c1-3-9-21-13-10-11(15(19)20-4-2)5-6-12(13)17-14(18)7-8-16/h5-6,10H,3-4,7-9,16H2,1-2H3,(H,17,18). The van der Waals surface area contributed by atoms with Crippen LogP contribution in [0.15, 0.2) is 18.2 Å². The molecule has 0 aromatic heterocycles. The van der Waals surface area contributed by atoms with E-state index in [9.17, 15) is 9.59 Å². The van der Waals surface area contributed by atoms with Gasteiger partial charge in [-0.05, 0) is 31.5 Å². The first-order valence-corrected chi connectivity index (χ1v) is 7.06. The summed E-state index contributed by atoms with van der Waals surface area (Å²) >= 11 is 0. The Labute approximate surface area is 124 Å². The molecule has 6 nitrogen and oxygen atoms in total. The van der Waals surface area contributed by atoms with Gasteiger partial charge in [-0.2, -0.15) is 0 Å². The lowest BCUT2D eigenvalue weighted by Crippen LogP contribution is -2.17. The molecule has 0 atom stereocenters. The van der Waals surface area contributed by atoms with Gasteiger partial charge in [0.15, 0.2) is 0 Å². The number of anilines is 1. The predicted molar refractivity (Wildman–Crippen MR) is 80.5 cm³/mol. The molecule has 0 saturated heterocycles. The SMILES string of the molecule is CCCOc1cc(C(=O)OCC)ccc1NC(=O)CCN. The van der Waals surface area contributed by atoms with Crippen molar-refractivity contribution < 1.29 is 19.1 Å². The van der Waals surface area contributed by atoms with Gasteiger partial charge in [-0.3, -0.25) is 4.79 Å². The van der Waals surface area contributed by atoms with Crippen LogP contribution < -0.4 is 15.8 Å². The van der Waals surface area contributed by atoms with Crippen LogP contribution in [-0.4, -0.2) is 31.6 Å². The van der Waals surface area contributed by atoms with Gasteiger partial charge in [-0.25, -0.2) is 4.79 Å². The minimum atomic E-state index is -0.418. The summed E-state index contributed by atoms with van der Waals surface area (Å²) in [5, 5.41) is 2.72. The van der Waals surface area contributed by atoms with Crippen LogP contribution in [0.2, 0.25) is 0 Å². The molecule has 6 heteroatoms. The molecule has 0 aliphatic rings. The maximum atomic E-state index is 11.7. The second-order valence-corrected chi connectivity index (χ2v) is 4.37. The number of rotatable bonds is 8. The van der Waals surface area contributed by atoms with Crippen molar-refractivity contribution in [2.75, 3.05) is 25.1 Å². The number of hydrogen-bond donors (Lipinski definition) is 2. The molecule has 1 aromatic carbocycles. The van der Waals surface area contributed by atoms with Crippen molar-refractivity contribution in [2.24, 2.45) is 5.73 Å². The van der Waals surface area contributed by atoms with E-state index in [-0.39, 0.29) is 18.9 Å². The third-order valence-electron chi connectivity index (χ3n) is 2.60. The smallest absolute Gasteiger partial charge is 0.338 e. The number of benzene rings is 1. The van der Waals surface area contributed by atoms with E-state index in [1.807, 2.05) is 6.92 Å². The molecule has 116 valence electrons. The minimum absolute atomic E-state index is 0.192. The Morgan fingerprint density at radius 3 is 2.67 bits per heavy atom. The number of ether oxygens (including phenoxy) is 2. The molecule has 0 saturated carbocycles. The highest BCUT2D eigenvalue weighted by molar-refractivity contribution is 5.95. The van der Waals surface area contributed by atoms with Gasteiger partial charge in [-0.1, -0.05) is 6.92 Å². The van der Waals surface area contributed by atoms with Gasteiger partial charge in [0, 0.05) is 13.0 Å². The van der Waals surface area contributed by atoms with Gasteiger partial charge < -0.3 is 20.5 Å². The minimum Gasteiger partial charge on any atom is -0.491 e. The van der Waals surface area contributed by atoms with Gasteiger partial charge in [0.1, 0.15) is 5.75 Å². The molecule has 0 unspecified atom stereocenters. The average molecular weight is 294 g/mol. The first kappa shape index (κ1) is 17.0. The third kappa shape index (κ3) is 5.43. The van der Waals surface area contributed by atoms with Crippen molar-refractivity contribution in [1.82, 2.24) is 0 Å². The van der Waals surface area contributed by atoms with Gasteiger partial charge >= 0.3 is 5.97 Å². The Balaban J connectivity index is 2.95. The van der Waals surface area contributed by atoms with Crippen molar-refractivity contribution in [3.05, 3.63) is 23.8 Å². The van der Waals surface area contributed by atoms with Crippen LogP contribution in [0.25, 0.3) is 0 Å². The molecule has 0 bridgehead atoms. The molecule has 0 heterocycles. The maximum Gasteiger partial charge on any atom is 0.338 e. The van der Waals surface area contributed by atoms with E-state index in [2.05, 4.69) is 5.32 Å². The molecule has 0 radical (unpaired) electrons. The molecule has 3 N–H and O–H groups in total. The number of hydrogen-bond acceptors (Lipinski definition) is 5. The summed E-state index contributed by atoms with van der Waals surface area (Å²) in [4.78, 5) is 23.3. The van der Waals surface area contributed by atoms with E-state index >= 15 is 0 Å². The molecule has 0 spiro atoms. The molecular formula is C15H22N2O4. The van der Waals surface area contributed by atoms with E-state index in [1.54, 1.807) is 25.1 Å². The Kier molecular flexibility index (Phi) is 7.25. The summed E-state index contributed by atoms with van der Waals surface area (Å²) in [6.45, 7) is 4.79. The van der Waals surface area contributed by atoms with Crippen LogP contribution >= 0.6 is 0 Å². The largest absolute Gasteiger partial charge is 0.491 e. The van der Waals surface area contributed by atoms with Gasteiger partial charge in [0.05, 0.1) is 24.5 Å². The normalized spacial score (nSPS) is 10.0. The van der Waals surface area contributed by atoms with E-state index < -0.39 is 5.97 Å². The quantitative estimate of drug-likeness (QED) is 0.715. The molecule has 0 aliphatic heterocycles. The molecular weight excluding hydrogens is 272 g/mol. The summed E-state index contributed by atoms with van der Waals surface area (Å²) in [5.41, 5.74) is 6.26. The van der Waals surface area contributed by atoms with E-state index in [1.165, 1.54) is 0 Å². The van der Waals surface area contributed by atoms with Crippen molar-refractivity contribution in [3.63, 3.8) is 0 Å². The first-order valence-electron chi connectivity index (χ1n) is 7.06. The molecule has 1 aromatic rings. The van der Waals surface area contributed by atoms with E-state index in [0.29, 0.717) is 30.2 Å². The summed E-state index contributed by atoms with van der Waals surface area (Å²) < 4.78 is 10.5. The third-order valence-corrected chi connectivity index (χ3v) is 2.60. The number of carbonyl (C=O) groups is 2. The summed E-state index contributed by atoms with van der Waals surface area (Å²) in [6.07, 6.45) is 1.05. The zero-order valence-corrected chi connectivity index (χ0v) is 12.5. The van der Waals surface area contributed by atoms with Crippen LogP contribution in [0.1, 0.15) is 37.0 Å². The number of esters is 1. The number of nitrogens with two attached hydrogens (primary N) is 1. The first-order chi connectivity index (χ1) is 10.1. The molecule has 0 aliphatic carbocycles. The summed E-state index contributed by atoms with van der Waals surface area (Å²) in [7, 11) is 0. The lowest BCUT2D eigenvalue weighted by atomic mass is 10.2. The number of nitrogens with one attached hydrogen (secondary N) is 1. The maximum absolute atomic E-state index is 11.7. The summed E-state index contributed by atoms with van der Waals surface area (Å²) in [5.74, 6) is -0.158. The molecule has 0 fully saturated rings. The Morgan fingerprint density at radius 2 is 2.05 bits per heavy atom. The van der Waals surface area contributed by atoms with Gasteiger partial charge in [0.25, 0.3) is 0 Å². The lowest BCUT2D eigenvalue weighted by molar-refractivity contribution is -0.116. The molecule has 1 rings (SSSR count). The highest BCUT2D eigenvalue weighted by Crippen LogP contribution is 2.26. The predicted octanol–water partition coefficient (Wildman–Crippen LogP) is 1.94. The van der Waals surface area contributed by atoms with Crippen molar-refractivity contribution >= 4 is 17.6 Å². The summed E-state index contributed by atoms with van der Waals surface area (Å²) in [6, 6.07) is 4.80. The van der Waals surface area contributed by atoms with Crippen LogP contribution in [0.3, 0.4) is 0 Å². The lowest BCUT2D eigenvalue weighted by Gasteiger charge is -2.13. The fourth-order valence-corrected chi connectivity index (χ4v) is 1.64. The Morgan fingerprint density at radius 1 is 1.29 bits per heavy atom. The second-order valence-electron chi connectivity index (χ2n) is 4.37. The Bertz CT molecular complexity index is 489. The fourth-order valence-electron chi connectivity index (χ4n) is 1.64. The zero-order valence-electron chi connectivity index (χ0n) is 12.5. The number of carbonyl (C=O) groups excluding carboxylic acids is 2.